The number of nitrogens with zero attached hydrogens (tertiary/aromatic N) is 1. The molecule has 9 heteroatoms. The fourth-order valence-corrected chi connectivity index (χ4v) is 4.90. The molecule has 2 aromatic rings. The van der Waals surface area contributed by atoms with Crippen molar-refractivity contribution >= 4 is 15.9 Å². The van der Waals surface area contributed by atoms with Gasteiger partial charge in [0.1, 0.15) is 22.1 Å². The number of sulfonamides is 1. The van der Waals surface area contributed by atoms with Gasteiger partial charge in [-0.1, -0.05) is 13.8 Å². The standard InChI is InChI=1S/C22H30N2O6S/c1-7-24(8-2)31(26,27)21-13-16(9-12-19(21)29-5)22(25)23-15(3)18-11-10-17(28-4)14-20(18)30-6/h9-15H,7-8H2,1-6H3,(H,23,25). The Morgan fingerprint density at radius 1 is 0.968 bits per heavy atom. The Kier molecular flexibility index (Phi) is 8.29. The summed E-state index contributed by atoms with van der Waals surface area (Å²) in [5, 5.41) is 2.89. The van der Waals surface area contributed by atoms with Crippen LogP contribution in [0.2, 0.25) is 0 Å². The topological polar surface area (TPSA) is 94.2 Å². The zero-order chi connectivity index (χ0) is 23.2. The van der Waals surface area contributed by atoms with Crippen molar-refractivity contribution in [2.75, 3.05) is 34.4 Å². The van der Waals surface area contributed by atoms with Crippen LogP contribution in [0.4, 0.5) is 0 Å². The number of nitrogens with one attached hydrogen (secondary N) is 1. The lowest BCUT2D eigenvalue weighted by atomic mass is 10.1. The predicted molar refractivity (Wildman–Crippen MR) is 119 cm³/mol. The number of hydrogen-bond donors (Lipinski definition) is 1. The van der Waals surface area contributed by atoms with Crippen LogP contribution in [0.25, 0.3) is 0 Å². The first-order valence-corrected chi connectivity index (χ1v) is 11.4. The maximum Gasteiger partial charge on any atom is 0.251 e. The first kappa shape index (κ1) is 24.5. The van der Waals surface area contributed by atoms with Gasteiger partial charge < -0.3 is 19.5 Å². The summed E-state index contributed by atoms with van der Waals surface area (Å²) in [6.45, 7) is 5.96. The summed E-state index contributed by atoms with van der Waals surface area (Å²) >= 11 is 0. The Morgan fingerprint density at radius 2 is 1.61 bits per heavy atom. The van der Waals surface area contributed by atoms with Crippen molar-refractivity contribution < 1.29 is 27.4 Å². The van der Waals surface area contributed by atoms with Crippen molar-refractivity contribution in [3.63, 3.8) is 0 Å². The van der Waals surface area contributed by atoms with Crippen LogP contribution in [0.3, 0.4) is 0 Å². The molecule has 2 rings (SSSR count). The molecule has 0 aromatic heterocycles. The summed E-state index contributed by atoms with van der Waals surface area (Å²) in [6.07, 6.45) is 0. The van der Waals surface area contributed by atoms with Crippen molar-refractivity contribution in [3.8, 4) is 17.2 Å². The first-order chi connectivity index (χ1) is 14.7. The van der Waals surface area contributed by atoms with E-state index in [9.17, 15) is 13.2 Å². The Balaban J connectivity index is 2.36. The van der Waals surface area contributed by atoms with Gasteiger partial charge in [-0.25, -0.2) is 8.42 Å². The van der Waals surface area contributed by atoms with Gasteiger partial charge in [-0.05, 0) is 37.3 Å². The molecular formula is C22H30N2O6S. The van der Waals surface area contributed by atoms with Crippen LogP contribution in [-0.4, -0.2) is 53.0 Å². The monoisotopic (exact) mass is 450 g/mol. The van der Waals surface area contributed by atoms with E-state index in [1.165, 1.54) is 29.6 Å². The molecule has 1 amide bonds. The molecule has 0 heterocycles. The van der Waals surface area contributed by atoms with Gasteiger partial charge in [0.25, 0.3) is 5.91 Å². The molecule has 0 saturated carbocycles. The predicted octanol–water partition coefficient (Wildman–Crippen LogP) is 3.23. The zero-order valence-electron chi connectivity index (χ0n) is 18.8. The van der Waals surface area contributed by atoms with E-state index < -0.39 is 22.0 Å². The lowest BCUT2D eigenvalue weighted by molar-refractivity contribution is 0.0939. The lowest BCUT2D eigenvalue weighted by Crippen LogP contribution is -2.31. The fourth-order valence-electron chi connectivity index (χ4n) is 3.26. The van der Waals surface area contributed by atoms with Crippen LogP contribution in [0.1, 0.15) is 42.7 Å². The van der Waals surface area contributed by atoms with E-state index >= 15 is 0 Å². The van der Waals surface area contributed by atoms with Crippen LogP contribution in [0.5, 0.6) is 17.2 Å². The molecule has 0 fully saturated rings. The third-order valence-corrected chi connectivity index (χ3v) is 7.07. The molecule has 0 radical (unpaired) electrons. The molecule has 0 saturated heterocycles. The van der Waals surface area contributed by atoms with Crippen LogP contribution in [-0.2, 0) is 10.0 Å². The van der Waals surface area contributed by atoms with Crippen molar-refractivity contribution in [1.82, 2.24) is 9.62 Å². The number of hydrogen-bond acceptors (Lipinski definition) is 6. The van der Waals surface area contributed by atoms with Crippen LogP contribution in [0.15, 0.2) is 41.3 Å². The Hall–Kier alpha value is -2.78. The number of ether oxygens (including phenoxy) is 3. The van der Waals surface area contributed by atoms with E-state index in [0.29, 0.717) is 24.6 Å². The molecule has 31 heavy (non-hydrogen) atoms. The normalized spacial score (nSPS) is 12.4. The van der Waals surface area contributed by atoms with Gasteiger partial charge in [-0.3, -0.25) is 4.79 Å². The van der Waals surface area contributed by atoms with E-state index in [0.717, 1.165) is 5.56 Å². The fraction of sp³-hybridized carbons (Fsp3) is 0.409. The van der Waals surface area contributed by atoms with Crippen molar-refractivity contribution in [1.29, 1.82) is 0 Å². The number of carbonyl (C=O) groups is 1. The molecule has 1 N–H and O–H groups in total. The molecule has 1 unspecified atom stereocenters. The minimum absolute atomic E-state index is 0.0407. The highest BCUT2D eigenvalue weighted by molar-refractivity contribution is 7.89. The number of rotatable bonds is 10. The number of amides is 1. The highest BCUT2D eigenvalue weighted by atomic mass is 32.2. The third-order valence-electron chi connectivity index (χ3n) is 5.00. The Labute approximate surface area is 184 Å². The maximum atomic E-state index is 13.0. The molecule has 8 nitrogen and oxygen atoms in total. The number of benzene rings is 2. The average molecular weight is 451 g/mol. The van der Waals surface area contributed by atoms with E-state index in [1.54, 1.807) is 40.2 Å². The molecule has 0 aliphatic carbocycles. The van der Waals surface area contributed by atoms with Crippen molar-refractivity contribution in [2.45, 2.75) is 31.7 Å². The minimum Gasteiger partial charge on any atom is -0.497 e. The smallest absolute Gasteiger partial charge is 0.251 e. The summed E-state index contributed by atoms with van der Waals surface area (Å²) in [5.74, 6) is 0.990. The quantitative estimate of drug-likeness (QED) is 0.597. The van der Waals surface area contributed by atoms with Gasteiger partial charge in [0.15, 0.2) is 0 Å². The van der Waals surface area contributed by atoms with Gasteiger partial charge in [-0.2, -0.15) is 4.31 Å². The van der Waals surface area contributed by atoms with Gasteiger partial charge in [-0.15, -0.1) is 0 Å². The molecule has 0 aliphatic rings. The molecule has 1 atom stereocenters. The van der Waals surface area contributed by atoms with Crippen LogP contribution in [0, 0.1) is 0 Å². The number of carbonyl (C=O) groups excluding carboxylic acids is 1. The SMILES string of the molecule is CCN(CC)S(=O)(=O)c1cc(C(=O)NC(C)c2ccc(OC)cc2OC)ccc1OC. The molecular weight excluding hydrogens is 420 g/mol. The van der Waals surface area contributed by atoms with Crippen molar-refractivity contribution in [3.05, 3.63) is 47.5 Å². The maximum absolute atomic E-state index is 13.0. The third kappa shape index (κ3) is 5.29. The number of methoxy groups -OCH3 is 3. The Morgan fingerprint density at radius 3 is 2.16 bits per heavy atom. The summed E-state index contributed by atoms with van der Waals surface area (Å²) in [6, 6.07) is 9.31. The van der Waals surface area contributed by atoms with Gasteiger partial charge in [0.05, 0.1) is 27.4 Å². The van der Waals surface area contributed by atoms with Gasteiger partial charge in [0, 0.05) is 30.3 Å². The van der Waals surface area contributed by atoms with Crippen LogP contribution < -0.4 is 19.5 Å². The highest BCUT2D eigenvalue weighted by Gasteiger charge is 2.27. The summed E-state index contributed by atoms with van der Waals surface area (Å²) in [5.41, 5.74) is 0.979. The molecule has 0 spiro atoms. The molecule has 2 aromatic carbocycles. The molecule has 0 bridgehead atoms. The zero-order valence-corrected chi connectivity index (χ0v) is 19.6. The highest BCUT2D eigenvalue weighted by Crippen LogP contribution is 2.31. The molecule has 0 aliphatic heterocycles. The summed E-state index contributed by atoms with van der Waals surface area (Å²) in [7, 11) is 0.698. The summed E-state index contributed by atoms with van der Waals surface area (Å²) in [4.78, 5) is 12.9. The second kappa shape index (κ2) is 10.5. The Bertz CT molecular complexity index is 1020. The van der Waals surface area contributed by atoms with Crippen molar-refractivity contribution in [2.24, 2.45) is 0 Å². The molecule has 170 valence electrons. The second-order valence-electron chi connectivity index (χ2n) is 6.76. The van der Waals surface area contributed by atoms with E-state index in [-0.39, 0.29) is 16.2 Å². The largest absolute Gasteiger partial charge is 0.497 e. The average Bonchev–Trinajstić information content (AvgIpc) is 2.78. The summed E-state index contributed by atoms with van der Waals surface area (Å²) < 4.78 is 43.2. The van der Waals surface area contributed by atoms with Crippen LogP contribution >= 0.6 is 0 Å². The lowest BCUT2D eigenvalue weighted by Gasteiger charge is -2.21. The van der Waals surface area contributed by atoms with E-state index in [4.69, 9.17) is 14.2 Å². The van der Waals surface area contributed by atoms with E-state index in [2.05, 4.69) is 5.32 Å². The van der Waals surface area contributed by atoms with Gasteiger partial charge in [0.2, 0.25) is 10.0 Å². The second-order valence-corrected chi connectivity index (χ2v) is 8.66. The minimum atomic E-state index is -3.80. The van der Waals surface area contributed by atoms with Gasteiger partial charge >= 0.3 is 0 Å². The first-order valence-electron chi connectivity index (χ1n) is 9.94. The van der Waals surface area contributed by atoms with E-state index in [1.807, 2.05) is 13.0 Å².